The van der Waals surface area contributed by atoms with Gasteiger partial charge in [-0.1, -0.05) is 13.8 Å². The molecule has 1 unspecified atom stereocenters. The molecule has 0 aromatic heterocycles. The Morgan fingerprint density at radius 2 is 1.92 bits per heavy atom. The molecule has 0 radical (unpaired) electrons. The van der Waals surface area contributed by atoms with Crippen molar-refractivity contribution < 1.29 is 0 Å². The second-order valence-corrected chi connectivity index (χ2v) is 3.46. The van der Waals surface area contributed by atoms with Crippen LogP contribution in [0, 0.1) is 0 Å². The summed E-state index contributed by atoms with van der Waals surface area (Å²) >= 11 is 0. The Kier molecular flexibility index (Phi) is 7.51. The molecule has 12 heavy (non-hydrogen) atoms. The molecule has 0 saturated carbocycles. The van der Waals surface area contributed by atoms with Crippen molar-refractivity contribution in [2.45, 2.75) is 39.7 Å². The molecular formula is C10H24N2. The van der Waals surface area contributed by atoms with Gasteiger partial charge in [-0.2, -0.15) is 0 Å². The van der Waals surface area contributed by atoms with E-state index in [0.717, 1.165) is 19.6 Å². The van der Waals surface area contributed by atoms with Crippen molar-refractivity contribution >= 4 is 0 Å². The normalized spacial score (nSPS) is 13.8. The van der Waals surface area contributed by atoms with E-state index in [2.05, 4.69) is 38.0 Å². The first-order chi connectivity index (χ1) is 5.72. The minimum Gasteiger partial charge on any atom is -0.317 e. The van der Waals surface area contributed by atoms with Crippen LogP contribution in [0.4, 0.5) is 0 Å². The third kappa shape index (κ3) is 5.56. The van der Waals surface area contributed by atoms with Gasteiger partial charge in [0.25, 0.3) is 0 Å². The molecule has 0 aromatic rings. The number of hydrogen-bond donors (Lipinski definition) is 1. The lowest BCUT2D eigenvalue weighted by Crippen LogP contribution is -2.32. The zero-order valence-electron chi connectivity index (χ0n) is 9.06. The molecule has 0 aliphatic heterocycles. The van der Waals surface area contributed by atoms with E-state index in [9.17, 15) is 0 Å². The van der Waals surface area contributed by atoms with Gasteiger partial charge in [0, 0.05) is 6.04 Å². The van der Waals surface area contributed by atoms with Gasteiger partial charge in [0.05, 0.1) is 0 Å². The van der Waals surface area contributed by atoms with Crippen molar-refractivity contribution in [1.82, 2.24) is 10.2 Å². The third-order valence-electron chi connectivity index (χ3n) is 2.42. The molecule has 0 heterocycles. The van der Waals surface area contributed by atoms with Crippen molar-refractivity contribution in [1.29, 1.82) is 0 Å². The van der Waals surface area contributed by atoms with Crippen molar-refractivity contribution in [2.24, 2.45) is 0 Å². The van der Waals surface area contributed by atoms with Gasteiger partial charge in [0.2, 0.25) is 0 Å². The monoisotopic (exact) mass is 172 g/mol. The summed E-state index contributed by atoms with van der Waals surface area (Å²) in [5.41, 5.74) is 0. The molecule has 0 bridgehead atoms. The van der Waals surface area contributed by atoms with Crippen LogP contribution in [0.25, 0.3) is 0 Å². The first-order valence-corrected chi connectivity index (χ1v) is 5.13. The van der Waals surface area contributed by atoms with Gasteiger partial charge in [-0.3, -0.25) is 0 Å². The molecule has 0 fully saturated rings. The van der Waals surface area contributed by atoms with Crippen LogP contribution in [0.3, 0.4) is 0 Å². The summed E-state index contributed by atoms with van der Waals surface area (Å²) in [6, 6.07) is 0.708. The second-order valence-electron chi connectivity index (χ2n) is 3.46. The molecule has 0 aliphatic carbocycles. The lowest BCUT2D eigenvalue weighted by atomic mass is 10.2. The van der Waals surface area contributed by atoms with Crippen LogP contribution in [0.5, 0.6) is 0 Å². The highest BCUT2D eigenvalue weighted by Gasteiger charge is 2.04. The summed E-state index contributed by atoms with van der Waals surface area (Å²) in [5.74, 6) is 0. The zero-order chi connectivity index (χ0) is 9.40. The van der Waals surface area contributed by atoms with Crippen molar-refractivity contribution in [3.63, 3.8) is 0 Å². The van der Waals surface area contributed by atoms with Crippen LogP contribution in [0.2, 0.25) is 0 Å². The highest BCUT2D eigenvalue weighted by atomic mass is 15.1. The predicted molar refractivity (Wildman–Crippen MR) is 55.5 cm³/mol. The molecule has 0 rings (SSSR count). The van der Waals surface area contributed by atoms with Gasteiger partial charge in [0.15, 0.2) is 0 Å². The quantitative estimate of drug-likeness (QED) is 0.588. The van der Waals surface area contributed by atoms with Crippen LogP contribution in [-0.4, -0.2) is 37.6 Å². The van der Waals surface area contributed by atoms with Crippen molar-refractivity contribution in [3.05, 3.63) is 0 Å². The maximum absolute atomic E-state index is 3.42. The predicted octanol–water partition coefficient (Wildman–Crippen LogP) is 1.72. The molecule has 0 aliphatic rings. The Bertz CT molecular complexity index is 93.8. The SMILES string of the molecule is CCCNCCC(C)N(C)CC. The highest BCUT2D eigenvalue weighted by molar-refractivity contribution is 4.62. The van der Waals surface area contributed by atoms with E-state index in [1.807, 2.05) is 0 Å². The van der Waals surface area contributed by atoms with Crippen LogP contribution in [0.15, 0.2) is 0 Å². The highest BCUT2D eigenvalue weighted by Crippen LogP contribution is 1.98. The fourth-order valence-corrected chi connectivity index (χ4v) is 1.14. The van der Waals surface area contributed by atoms with E-state index in [0.29, 0.717) is 6.04 Å². The Hall–Kier alpha value is -0.0800. The van der Waals surface area contributed by atoms with Crippen LogP contribution < -0.4 is 5.32 Å². The van der Waals surface area contributed by atoms with Crippen molar-refractivity contribution in [3.8, 4) is 0 Å². The van der Waals surface area contributed by atoms with Crippen LogP contribution >= 0.6 is 0 Å². The average Bonchev–Trinajstić information content (AvgIpc) is 2.10. The number of hydrogen-bond acceptors (Lipinski definition) is 2. The van der Waals surface area contributed by atoms with Gasteiger partial charge in [-0.15, -0.1) is 0 Å². The van der Waals surface area contributed by atoms with Crippen LogP contribution in [-0.2, 0) is 0 Å². The number of nitrogens with one attached hydrogen (secondary N) is 1. The average molecular weight is 172 g/mol. The van der Waals surface area contributed by atoms with Crippen molar-refractivity contribution in [2.75, 3.05) is 26.7 Å². The fourth-order valence-electron chi connectivity index (χ4n) is 1.14. The van der Waals surface area contributed by atoms with E-state index in [4.69, 9.17) is 0 Å². The smallest absolute Gasteiger partial charge is 0.00758 e. The van der Waals surface area contributed by atoms with Crippen LogP contribution in [0.1, 0.15) is 33.6 Å². The molecule has 2 heteroatoms. The van der Waals surface area contributed by atoms with Gasteiger partial charge in [-0.25, -0.2) is 0 Å². The third-order valence-corrected chi connectivity index (χ3v) is 2.42. The number of nitrogens with zero attached hydrogens (tertiary/aromatic N) is 1. The first kappa shape index (κ1) is 11.9. The van der Waals surface area contributed by atoms with E-state index < -0.39 is 0 Å². The fraction of sp³-hybridized carbons (Fsp3) is 1.00. The first-order valence-electron chi connectivity index (χ1n) is 5.13. The lowest BCUT2D eigenvalue weighted by Gasteiger charge is -2.22. The Balaban J connectivity index is 3.24. The topological polar surface area (TPSA) is 15.3 Å². The minimum atomic E-state index is 0.708. The Labute approximate surface area is 77.3 Å². The maximum atomic E-state index is 3.42. The maximum Gasteiger partial charge on any atom is 0.00758 e. The van der Waals surface area contributed by atoms with E-state index in [-0.39, 0.29) is 0 Å². The minimum absolute atomic E-state index is 0.708. The standard InChI is InChI=1S/C10H24N2/c1-5-8-11-9-7-10(3)12(4)6-2/h10-11H,5-9H2,1-4H3. The number of rotatable bonds is 7. The summed E-state index contributed by atoms with van der Waals surface area (Å²) in [4.78, 5) is 2.38. The lowest BCUT2D eigenvalue weighted by molar-refractivity contribution is 0.257. The summed E-state index contributed by atoms with van der Waals surface area (Å²) in [6.45, 7) is 10.2. The molecule has 0 saturated heterocycles. The van der Waals surface area contributed by atoms with Gasteiger partial charge in [-0.05, 0) is 46.4 Å². The molecular weight excluding hydrogens is 148 g/mol. The largest absolute Gasteiger partial charge is 0.317 e. The van der Waals surface area contributed by atoms with Gasteiger partial charge >= 0.3 is 0 Å². The van der Waals surface area contributed by atoms with Gasteiger partial charge < -0.3 is 10.2 Å². The molecule has 74 valence electrons. The van der Waals surface area contributed by atoms with E-state index in [1.165, 1.54) is 12.8 Å². The summed E-state index contributed by atoms with van der Waals surface area (Å²) < 4.78 is 0. The molecule has 0 spiro atoms. The summed E-state index contributed by atoms with van der Waals surface area (Å²) in [5, 5.41) is 3.42. The molecule has 2 nitrogen and oxygen atoms in total. The Morgan fingerprint density at radius 1 is 1.25 bits per heavy atom. The second kappa shape index (κ2) is 7.56. The Morgan fingerprint density at radius 3 is 2.42 bits per heavy atom. The summed E-state index contributed by atoms with van der Waals surface area (Å²) in [7, 11) is 2.19. The van der Waals surface area contributed by atoms with E-state index >= 15 is 0 Å². The molecule has 0 aromatic carbocycles. The molecule has 0 amide bonds. The van der Waals surface area contributed by atoms with E-state index in [1.54, 1.807) is 0 Å². The molecule has 1 N–H and O–H groups in total. The summed E-state index contributed by atoms with van der Waals surface area (Å²) in [6.07, 6.45) is 2.49. The van der Waals surface area contributed by atoms with Gasteiger partial charge in [0.1, 0.15) is 0 Å². The molecule has 1 atom stereocenters. The zero-order valence-corrected chi connectivity index (χ0v) is 9.06.